The van der Waals surface area contributed by atoms with Crippen LogP contribution in [0.25, 0.3) is 0 Å². The SMILES string of the molecule is C[C@H]1CN(CCc2cccc(Cl)c2)CC[C@@]1(C)c1cccc(O)c1. The number of rotatable bonds is 4. The van der Waals surface area contributed by atoms with Crippen LogP contribution >= 0.6 is 11.6 Å². The standard InChI is InChI=1S/C21H26ClNO/c1-16-15-23(11-9-17-5-3-7-19(22)13-17)12-10-21(16,2)18-6-4-8-20(24)14-18/h3-8,13-14,16,24H,9-12,15H2,1-2H3/t16-,21+/m0/s1. The predicted octanol–water partition coefficient (Wildman–Crippen LogP) is 4.89. The van der Waals surface area contributed by atoms with Crippen LogP contribution in [0.3, 0.4) is 0 Å². The fraction of sp³-hybridized carbons (Fsp3) is 0.429. The van der Waals surface area contributed by atoms with E-state index in [0.29, 0.717) is 11.7 Å². The summed E-state index contributed by atoms with van der Waals surface area (Å²) in [5.41, 5.74) is 2.69. The normalized spacial score (nSPS) is 24.9. The monoisotopic (exact) mass is 343 g/mol. The van der Waals surface area contributed by atoms with Crippen LogP contribution in [0.2, 0.25) is 5.02 Å². The van der Waals surface area contributed by atoms with Crippen molar-refractivity contribution in [1.82, 2.24) is 4.90 Å². The first-order valence-corrected chi connectivity index (χ1v) is 9.11. The van der Waals surface area contributed by atoms with Crippen molar-refractivity contribution in [3.05, 3.63) is 64.7 Å². The number of likely N-dealkylation sites (tertiary alicyclic amines) is 1. The summed E-state index contributed by atoms with van der Waals surface area (Å²) in [6, 6.07) is 15.9. The van der Waals surface area contributed by atoms with E-state index in [-0.39, 0.29) is 5.41 Å². The molecule has 2 nitrogen and oxygen atoms in total. The number of nitrogens with zero attached hydrogens (tertiary/aromatic N) is 1. The molecule has 0 saturated carbocycles. The summed E-state index contributed by atoms with van der Waals surface area (Å²) < 4.78 is 0. The molecular weight excluding hydrogens is 318 g/mol. The van der Waals surface area contributed by atoms with E-state index in [1.807, 2.05) is 24.3 Å². The number of halogens is 1. The van der Waals surface area contributed by atoms with Crippen molar-refractivity contribution in [3.8, 4) is 5.75 Å². The third kappa shape index (κ3) is 3.76. The average Bonchev–Trinajstić information content (AvgIpc) is 2.56. The molecule has 3 heteroatoms. The molecule has 3 rings (SSSR count). The molecule has 2 atom stereocenters. The van der Waals surface area contributed by atoms with E-state index in [9.17, 15) is 5.11 Å². The van der Waals surface area contributed by atoms with Crippen LogP contribution < -0.4 is 0 Å². The van der Waals surface area contributed by atoms with Crippen LogP contribution in [-0.4, -0.2) is 29.6 Å². The fourth-order valence-electron chi connectivity index (χ4n) is 3.79. The third-order valence-electron chi connectivity index (χ3n) is 5.68. The van der Waals surface area contributed by atoms with Gasteiger partial charge in [-0.05, 0) is 66.1 Å². The second kappa shape index (κ2) is 7.16. The molecule has 0 unspecified atom stereocenters. The molecule has 2 aromatic rings. The zero-order chi connectivity index (χ0) is 17.2. The van der Waals surface area contributed by atoms with Crippen molar-refractivity contribution in [2.75, 3.05) is 19.6 Å². The Kier molecular flexibility index (Phi) is 5.17. The maximum Gasteiger partial charge on any atom is 0.115 e. The number of piperidine rings is 1. The molecule has 0 aliphatic carbocycles. The number of hydrogen-bond donors (Lipinski definition) is 1. The Hall–Kier alpha value is -1.51. The molecule has 2 aromatic carbocycles. The molecule has 0 aromatic heterocycles. The van der Waals surface area contributed by atoms with Crippen LogP contribution in [0.5, 0.6) is 5.75 Å². The van der Waals surface area contributed by atoms with Gasteiger partial charge in [0, 0.05) is 18.1 Å². The van der Waals surface area contributed by atoms with E-state index in [0.717, 1.165) is 37.5 Å². The quantitative estimate of drug-likeness (QED) is 0.854. The first kappa shape index (κ1) is 17.3. The number of aromatic hydroxyl groups is 1. The van der Waals surface area contributed by atoms with Gasteiger partial charge in [0.2, 0.25) is 0 Å². The molecule has 0 radical (unpaired) electrons. The van der Waals surface area contributed by atoms with Gasteiger partial charge in [0.15, 0.2) is 0 Å². The fourth-order valence-corrected chi connectivity index (χ4v) is 4.00. The zero-order valence-electron chi connectivity index (χ0n) is 14.5. The number of hydrogen-bond acceptors (Lipinski definition) is 2. The van der Waals surface area contributed by atoms with Gasteiger partial charge in [0.05, 0.1) is 0 Å². The topological polar surface area (TPSA) is 23.5 Å². The lowest BCUT2D eigenvalue weighted by atomic mass is 9.68. The highest BCUT2D eigenvalue weighted by Crippen LogP contribution is 2.40. The van der Waals surface area contributed by atoms with Crippen molar-refractivity contribution in [2.45, 2.75) is 32.1 Å². The van der Waals surface area contributed by atoms with E-state index in [4.69, 9.17) is 11.6 Å². The largest absolute Gasteiger partial charge is 0.508 e. The van der Waals surface area contributed by atoms with E-state index in [1.165, 1.54) is 11.1 Å². The van der Waals surface area contributed by atoms with E-state index >= 15 is 0 Å². The minimum Gasteiger partial charge on any atom is -0.508 e. The molecule has 1 N–H and O–H groups in total. The minimum atomic E-state index is 0.130. The maximum absolute atomic E-state index is 9.81. The summed E-state index contributed by atoms with van der Waals surface area (Å²) in [7, 11) is 0. The van der Waals surface area contributed by atoms with Crippen LogP contribution in [0.4, 0.5) is 0 Å². The molecule has 0 amide bonds. The predicted molar refractivity (Wildman–Crippen MR) is 101 cm³/mol. The molecule has 1 fully saturated rings. The van der Waals surface area contributed by atoms with Crippen molar-refractivity contribution >= 4 is 11.6 Å². The van der Waals surface area contributed by atoms with E-state index < -0.39 is 0 Å². The molecule has 1 aliphatic heterocycles. The van der Waals surface area contributed by atoms with Gasteiger partial charge < -0.3 is 10.0 Å². The molecule has 1 aliphatic rings. The second-order valence-corrected chi connectivity index (χ2v) is 7.74. The smallest absolute Gasteiger partial charge is 0.115 e. The number of benzene rings is 2. The van der Waals surface area contributed by atoms with Gasteiger partial charge in [0.1, 0.15) is 5.75 Å². The summed E-state index contributed by atoms with van der Waals surface area (Å²) in [5, 5.41) is 10.6. The van der Waals surface area contributed by atoms with Gasteiger partial charge in [-0.15, -0.1) is 0 Å². The summed E-state index contributed by atoms with van der Waals surface area (Å²) in [5.74, 6) is 0.914. The summed E-state index contributed by atoms with van der Waals surface area (Å²) in [6.07, 6.45) is 2.16. The first-order chi connectivity index (χ1) is 11.5. The number of phenolic OH excluding ortho intramolecular Hbond substituents is 1. The summed E-state index contributed by atoms with van der Waals surface area (Å²) >= 11 is 6.07. The molecule has 128 valence electrons. The van der Waals surface area contributed by atoms with Crippen LogP contribution in [0.15, 0.2) is 48.5 Å². The lowest BCUT2D eigenvalue weighted by Gasteiger charge is -2.45. The van der Waals surface area contributed by atoms with Crippen LogP contribution in [-0.2, 0) is 11.8 Å². The Labute approximate surface area is 150 Å². The highest BCUT2D eigenvalue weighted by molar-refractivity contribution is 6.30. The van der Waals surface area contributed by atoms with Crippen LogP contribution in [0, 0.1) is 5.92 Å². The van der Waals surface area contributed by atoms with Gasteiger partial charge >= 0.3 is 0 Å². The molecule has 1 heterocycles. The van der Waals surface area contributed by atoms with Gasteiger partial charge in [-0.25, -0.2) is 0 Å². The minimum absolute atomic E-state index is 0.130. The highest BCUT2D eigenvalue weighted by atomic mass is 35.5. The van der Waals surface area contributed by atoms with Gasteiger partial charge in [0.25, 0.3) is 0 Å². The Morgan fingerprint density at radius 2 is 2.00 bits per heavy atom. The summed E-state index contributed by atoms with van der Waals surface area (Å²) in [4.78, 5) is 2.55. The Balaban J connectivity index is 1.62. The Morgan fingerprint density at radius 3 is 2.71 bits per heavy atom. The van der Waals surface area contributed by atoms with Crippen molar-refractivity contribution in [3.63, 3.8) is 0 Å². The molecule has 24 heavy (non-hydrogen) atoms. The highest BCUT2D eigenvalue weighted by Gasteiger charge is 2.37. The lowest BCUT2D eigenvalue weighted by molar-refractivity contribution is 0.112. The molecule has 1 saturated heterocycles. The molecule has 0 bridgehead atoms. The van der Waals surface area contributed by atoms with Gasteiger partial charge in [-0.3, -0.25) is 0 Å². The van der Waals surface area contributed by atoms with Crippen molar-refractivity contribution < 1.29 is 5.11 Å². The van der Waals surface area contributed by atoms with Gasteiger partial charge in [-0.2, -0.15) is 0 Å². The maximum atomic E-state index is 9.81. The Bertz CT molecular complexity index is 702. The zero-order valence-corrected chi connectivity index (χ0v) is 15.3. The van der Waals surface area contributed by atoms with E-state index in [2.05, 4.69) is 36.9 Å². The number of phenols is 1. The third-order valence-corrected chi connectivity index (χ3v) is 5.91. The first-order valence-electron chi connectivity index (χ1n) is 8.74. The Morgan fingerprint density at radius 1 is 1.21 bits per heavy atom. The van der Waals surface area contributed by atoms with Crippen LogP contribution in [0.1, 0.15) is 31.4 Å². The summed E-state index contributed by atoms with van der Waals surface area (Å²) in [6.45, 7) is 7.92. The lowest BCUT2D eigenvalue weighted by Crippen LogP contribution is -2.47. The average molecular weight is 344 g/mol. The van der Waals surface area contributed by atoms with Crippen molar-refractivity contribution in [2.24, 2.45) is 5.92 Å². The van der Waals surface area contributed by atoms with E-state index in [1.54, 1.807) is 6.07 Å². The van der Waals surface area contributed by atoms with Gasteiger partial charge in [-0.1, -0.05) is 49.7 Å². The van der Waals surface area contributed by atoms with Crippen molar-refractivity contribution in [1.29, 1.82) is 0 Å². The molecular formula is C21H26ClNO. The molecule has 0 spiro atoms. The second-order valence-electron chi connectivity index (χ2n) is 7.30.